The summed E-state index contributed by atoms with van der Waals surface area (Å²) in [5.74, 6) is 0.183. The smallest absolute Gasteiger partial charge is 0.327 e. The predicted octanol–water partition coefficient (Wildman–Crippen LogP) is 0.830. The van der Waals surface area contributed by atoms with Crippen molar-refractivity contribution in [3.8, 4) is 0 Å². The van der Waals surface area contributed by atoms with Crippen molar-refractivity contribution in [2.75, 3.05) is 25.2 Å². The first-order valence-electron chi connectivity index (χ1n) is 5.52. The van der Waals surface area contributed by atoms with Crippen LogP contribution in [-0.2, 0) is 14.3 Å². The largest absolute Gasteiger partial charge is 0.480 e. The van der Waals surface area contributed by atoms with Gasteiger partial charge in [-0.15, -0.1) is 0 Å². The Bertz CT molecular complexity index is 306. The number of hydrogen-bond acceptors (Lipinski definition) is 4. The molecule has 1 N–H and O–H groups in total. The average Bonchev–Trinajstić information content (AvgIpc) is 2.28. The minimum Gasteiger partial charge on any atom is -0.480 e. The Kier molecular flexibility index (Phi) is 4.82. The topological polar surface area (TPSA) is 66.8 Å². The number of hydrogen-bond donors (Lipinski definition) is 1. The fourth-order valence-corrected chi connectivity index (χ4v) is 2.68. The van der Waals surface area contributed by atoms with Crippen molar-refractivity contribution in [3.05, 3.63) is 0 Å². The molecule has 0 aromatic heterocycles. The standard InChI is InChI=1S/C11H19NO4S/c1-11(2,16-3)6-9(13)12-4-5-17-7-8(12)10(14)15/h8H,4-7H2,1-3H3,(H,14,15). The fraction of sp³-hybridized carbons (Fsp3) is 0.818. The van der Waals surface area contributed by atoms with E-state index < -0.39 is 17.6 Å². The van der Waals surface area contributed by atoms with Gasteiger partial charge in [0.1, 0.15) is 6.04 Å². The van der Waals surface area contributed by atoms with E-state index >= 15 is 0 Å². The van der Waals surface area contributed by atoms with Gasteiger partial charge in [-0.2, -0.15) is 11.8 Å². The van der Waals surface area contributed by atoms with Crippen LogP contribution in [0.2, 0.25) is 0 Å². The second kappa shape index (κ2) is 5.73. The molecule has 5 nitrogen and oxygen atoms in total. The number of amides is 1. The first-order chi connectivity index (χ1) is 7.87. The van der Waals surface area contributed by atoms with Gasteiger partial charge in [0.2, 0.25) is 5.91 Å². The number of carbonyl (C=O) groups excluding carboxylic acids is 1. The van der Waals surface area contributed by atoms with Gasteiger partial charge in [0.25, 0.3) is 0 Å². The monoisotopic (exact) mass is 261 g/mol. The van der Waals surface area contributed by atoms with Crippen LogP contribution >= 0.6 is 11.8 Å². The molecule has 1 amide bonds. The van der Waals surface area contributed by atoms with E-state index in [0.717, 1.165) is 5.75 Å². The maximum atomic E-state index is 12.1. The summed E-state index contributed by atoms with van der Waals surface area (Å²) < 4.78 is 5.19. The third-order valence-electron chi connectivity index (χ3n) is 2.86. The molecule has 1 fully saturated rings. The molecular weight excluding hydrogens is 242 g/mol. The molecule has 1 aliphatic heterocycles. The molecule has 1 atom stereocenters. The second-order valence-electron chi connectivity index (χ2n) is 4.66. The summed E-state index contributed by atoms with van der Waals surface area (Å²) in [7, 11) is 1.55. The van der Waals surface area contributed by atoms with Crippen LogP contribution in [0.1, 0.15) is 20.3 Å². The van der Waals surface area contributed by atoms with Crippen LogP contribution < -0.4 is 0 Å². The number of carbonyl (C=O) groups is 2. The minimum atomic E-state index is -0.930. The number of nitrogens with zero attached hydrogens (tertiary/aromatic N) is 1. The van der Waals surface area contributed by atoms with Gasteiger partial charge < -0.3 is 14.7 Å². The van der Waals surface area contributed by atoms with Gasteiger partial charge >= 0.3 is 5.97 Å². The van der Waals surface area contributed by atoms with Crippen molar-refractivity contribution in [1.82, 2.24) is 4.90 Å². The highest BCUT2D eigenvalue weighted by molar-refractivity contribution is 7.99. The lowest BCUT2D eigenvalue weighted by molar-refractivity contribution is -0.151. The normalized spacial score (nSPS) is 21.4. The van der Waals surface area contributed by atoms with E-state index in [0.29, 0.717) is 12.3 Å². The van der Waals surface area contributed by atoms with E-state index in [9.17, 15) is 9.59 Å². The van der Waals surface area contributed by atoms with Crippen LogP contribution in [0.4, 0.5) is 0 Å². The van der Waals surface area contributed by atoms with Crippen LogP contribution in [0.15, 0.2) is 0 Å². The van der Waals surface area contributed by atoms with Crippen LogP contribution in [0, 0.1) is 0 Å². The Hall–Kier alpha value is -0.750. The number of thioether (sulfide) groups is 1. The number of aliphatic carboxylic acids is 1. The van der Waals surface area contributed by atoms with Crippen LogP contribution in [0.3, 0.4) is 0 Å². The van der Waals surface area contributed by atoms with E-state index in [1.165, 1.54) is 4.90 Å². The molecule has 1 heterocycles. The summed E-state index contributed by atoms with van der Waals surface area (Å²) in [6.07, 6.45) is 0.206. The minimum absolute atomic E-state index is 0.149. The van der Waals surface area contributed by atoms with Gasteiger partial charge in [0.15, 0.2) is 0 Å². The molecule has 0 aliphatic carbocycles. The number of ether oxygens (including phenoxy) is 1. The molecule has 1 rings (SSSR count). The Balaban J connectivity index is 2.69. The molecule has 17 heavy (non-hydrogen) atoms. The van der Waals surface area contributed by atoms with Crippen molar-refractivity contribution in [3.63, 3.8) is 0 Å². The van der Waals surface area contributed by atoms with E-state index in [2.05, 4.69) is 0 Å². The van der Waals surface area contributed by atoms with E-state index in [1.54, 1.807) is 18.9 Å². The number of carboxylic acid groups (broad SMARTS) is 1. The average molecular weight is 261 g/mol. The highest BCUT2D eigenvalue weighted by Crippen LogP contribution is 2.21. The van der Waals surface area contributed by atoms with E-state index in [1.807, 2.05) is 13.8 Å². The van der Waals surface area contributed by atoms with Crippen molar-refractivity contribution in [1.29, 1.82) is 0 Å². The maximum Gasteiger partial charge on any atom is 0.327 e. The third-order valence-corrected chi connectivity index (χ3v) is 3.89. The molecule has 6 heteroatoms. The van der Waals surface area contributed by atoms with Crippen molar-refractivity contribution in [2.45, 2.75) is 31.9 Å². The maximum absolute atomic E-state index is 12.1. The molecule has 1 saturated heterocycles. The molecule has 0 aromatic carbocycles. The van der Waals surface area contributed by atoms with E-state index in [4.69, 9.17) is 9.84 Å². The quantitative estimate of drug-likeness (QED) is 0.812. The highest BCUT2D eigenvalue weighted by Gasteiger charge is 2.34. The molecule has 1 aliphatic rings. The molecule has 0 bridgehead atoms. The molecule has 0 spiro atoms. The Morgan fingerprint density at radius 3 is 2.71 bits per heavy atom. The van der Waals surface area contributed by atoms with Crippen molar-refractivity contribution >= 4 is 23.6 Å². The van der Waals surface area contributed by atoms with Gasteiger partial charge in [0.05, 0.1) is 12.0 Å². The molecular formula is C11H19NO4S. The summed E-state index contributed by atoms with van der Waals surface area (Å²) in [6, 6.07) is -0.700. The second-order valence-corrected chi connectivity index (χ2v) is 5.81. The molecule has 0 saturated carbocycles. The van der Waals surface area contributed by atoms with Crippen molar-refractivity contribution < 1.29 is 19.4 Å². The highest BCUT2D eigenvalue weighted by atomic mass is 32.2. The summed E-state index contributed by atoms with van der Waals surface area (Å²) in [4.78, 5) is 24.6. The zero-order valence-corrected chi connectivity index (χ0v) is 11.2. The number of methoxy groups -OCH3 is 1. The molecule has 98 valence electrons. The molecule has 0 aromatic rings. The van der Waals surface area contributed by atoms with Gasteiger partial charge in [-0.05, 0) is 13.8 Å². The SMILES string of the molecule is COC(C)(C)CC(=O)N1CCSCC1C(=O)O. The van der Waals surface area contributed by atoms with Crippen LogP contribution in [-0.4, -0.2) is 58.7 Å². The Labute approximate surface area is 105 Å². The third kappa shape index (κ3) is 3.89. The van der Waals surface area contributed by atoms with Gasteiger partial charge in [-0.1, -0.05) is 0 Å². The Morgan fingerprint density at radius 2 is 2.18 bits per heavy atom. The van der Waals surface area contributed by atoms with Crippen molar-refractivity contribution in [2.24, 2.45) is 0 Å². The van der Waals surface area contributed by atoms with Gasteiger partial charge in [-0.3, -0.25) is 4.79 Å². The first-order valence-corrected chi connectivity index (χ1v) is 6.68. The lowest BCUT2D eigenvalue weighted by Gasteiger charge is -2.34. The van der Waals surface area contributed by atoms with E-state index in [-0.39, 0.29) is 12.3 Å². The summed E-state index contributed by atoms with van der Waals surface area (Å²) in [5.41, 5.74) is -0.551. The summed E-state index contributed by atoms with van der Waals surface area (Å²) in [6.45, 7) is 4.14. The lowest BCUT2D eigenvalue weighted by Crippen LogP contribution is -2.51. The lowest BCUT2D eigenvalue weighted by atomic mass is 10.0. The van der Waals surface area contributed by atoms with Gasteiger partial charge in [0, 0.05) is 25.2 Å². The summed E-state index contributed by atoms with van der Waals surface area (Å²) >= 11 is 1.57. The zero-order valence-electron chi connectivity index (χ0n) is 10.4. The predicted molar refractivity (Wildman–Crippen MR) is 66.2 cm³/mol. The van der Waals surface area contributed by atoms with Crippen LogP contribution in [0.5, 0.6) is 0 Å². The zero-order chi connectivity index (χ0) is 13.1. The van der Waals surface area contributed by atoms with Gasteiger partial charge in [-0.25, -0.2) is 4.79 Å². The number of carboxylic acids is 1. The molecule has 1 unspecified atom stereocenters. The summed E-state index contributed by atoms with van der Waals surface area (Å²) in [5, 5.41) is 9.07. The Morgan fingerprint density at radius 1 is 1.53 bits per heavy atom. The van der Waals surface area contributed by atoms with Crippen LogP contribution in [0.25, 0.3) is 0 Å². The fourth-order valence-electron chi connectivity index (χ4n) is 1.64. The number of rotatable bonds is 4. The first kappa shape index (κ1) is 14.3. The molecule has 0 radical (unpaired) electrons.